The van der Waals surface area contributed by atoms with E-state index in [4.69, 9.17) is 14.3 Å². The Kier molecular flexibility index (Phi) is 8.70. The fourth-order valence-electron chi connectivity index (χ4n) is 3.58. The zero-order valence-electron chi connectivity index (χ0n) is 19.2. The molecule has 0 aliphatic heterocycles. The fraction of sp³-hybridized carbons (Fsp3) is 0.333. The SMILES string of the molecule is CC(C)N(Cc1ccccc1OCCCCCC(=O)O)C(=O)c1ccc(-c2ccoc2)cc1. The lowest BCUT2D eigenvalue weighted by atomic mass is 10.1. The lowest BCUT2D eigenvalue weighted by Crippen LogP contribution is -2.36. The summed E-state index contributed by atoms with van der Waals surface area (Å²) in [5.41, 5.74) is 3.55. The number of unbranched alkanes of at least 4 members (excludes halogenated alkanes) is 2. The molecule has 1 heterocycles. The minimum atomic E-state index is -0.768. The van der Waals surface area contributed by atoms with Gasteiger partial charge < -0.3 is 19.2 Å². The van der Waals surface area contributed by atoms with Crippen molar-refractivity contribution in [3.8, 4) is 16.9 Å². The van der Waals surface area contributed by atoms with Gasteiger partial charge in [0.2, 0.25) is 0 Å². The van der Waals surface area contributed by atoms with Crippen LogP contribution < -0.4 is 4.74 Å². The maximum absolute atomic E-state index is 13.3. The third kappa shape index (κ3) is 6.97. The summed E-state index contributed by atoms with van der Waals surface area (Å²) in [4.78, 5) is 25.8. The first-order valence-electron chi connectivity index (χ1n) is 11.3. The van der Waals surface area contributed by atoms with Crippen LogP contribution >= 0.6 is 0 Å². The lowest BCUT2D eigenvalue weighted by Gasteiger charge is -2.28. The summed E-state index contributed by atoms with van der Waals surface area (Å²) in [6.07, 6.45) is 5.74. The molecule has 0 aliphatic carbocycles. The van der Waals surface area contributed by atoms with Crippen molar-refractivity contribution in [2.24, 2.45) is 0 Å². The molecule has 2 aromatic carbocycles. The van der Waals surface area contributed by atoms with E-state index in [1.165, 1.54) is 0 Å². The molecule has 0 bridgehead atoms. The molecule has 33 heavy (non-hydrogen) atoms. The predicted molar refractivity (Wildman–Crippen MR) is 127 cm³/mol. The number of aliphatic carboxylic acids is 1. The van der Waals surface area contributed by atoms with Crippen LogP contribution in [0.25, 0.3) is 11.1 Å². The van der Waals surface area contributed by atoms with Gasteiger partial charge in [-0.1, -0.05) is 30.3 Å². The van der Waals surface area contributed by atoms with E-state index in [1.54, 1.807) is 12.5 Å². The zero-order valence-corrected chi connectivity index (χ0v) is 19.2. The van der Waals surface area contributed by atoms with Gasteiger partial charge in [-0.25, -0.2) is 0 Å². The van der Waals surface area contributed by atoms with Gasteiger partial charge >= 0.3 is 5.97 Å². The summed E-state index contributed by atoms with van der Waals surface area (Å²) in [7, 11) is 0. The molecule has 0 saturated carbocycles. The highest BCUT2D eigenvalue weighted by atomic mass is 16.5. The highest BCUT2D eigenvalue weighted by molar-refractivity contribution is 5.95. The average Bonchev–Trinajstić information content (AvgIpc) is 3.35. The van der Waals surface area contributed by atoms with E-state index in [1.807, 2.05) is 73.3 Å². The summed E-state index contributed by atoms with van der Waals surface area (Å²) in [6, 6.07) is 17.2. The van der Waals surface area contributed by atoms with Crippen molar-refractivity contribution in [1.82, 2.24) is 4.90 Å². The van der Waals surface area contributed by atoms with Gasteiger partial charge in [0, 0.05) is 35.7 Å². The van der Waals surface area contributed by atoms with Crippen LogP contribution in [-0.4, -0.2) is 34.5 Å². The summed E-state index contributed by atoms with van der Waals surface area (Å²) >= 11 is 0. The van der Waals surface area contributed by atoms with E-state index in [-0.39, 0.29) is 18.4 Å². The number of hydrogen-bond donors (Lipinski definition) is 1. The van der Waals surface area contributed by atoms with Gasteiger partial charge in [-0.15, -0.1) is 0 Å². The number of carboxylic acid groups (broad SMARTS) is 1. The lowest BCUT2D eigenvalue weighted by molar-refractivity contribution is -0.137. The van der Waals surface area contributed by atoms with Crippen LogP contribution in [0.1, 0.15) is 55.5 Å². The Bertz CT molecular complexity index is 1020. The third-order valence-corrected chi connectivity index (χ3v) is 5.48. The number of nitrogens with zero attached hydrogens (tertiary/aromatic N) is 1. The van der Waals surface area contributed by atoms with Crippen molar-refractivity contribution in [3.63, 3.8) is 0 Å². The molecule has 0 spiro atoms. The molecule has 174 valence electrons. The maximum Gasteiger partial charge on any atom is 0.303 e. The van der Waals surface area contributed by atoms with Gasteiger partial charge in [-0.3, -0.25) is 9.59 Å². The standard InChI is InChI=1S/C27H31NO5/c1-20(2)28(27(31)22-13-11-21(12-14-22)24-15-17-32-19-24)18-23-8-5-6-9-25(23)33-16-7-3-4-10-26(29)30/h5-6,8-9,11-15,17,19-20H,3-4,7,10,16,18H2,1-2H3,(H,29,30). The molecule has 0 saturated heterocycles. The normalized spacial score (nSPS) is 10.9. The van der Waals surface area contributed by atoms with Crippen molar-refractivity contribution >= 4 is 11.9 Å². The molecule has 0 atom stereocenters. The van der Waals surface area contributed by atoms with E-state index in [2.05, 4.69) is 0 Å². The number of benzene rings is 2. The van der Waals surface area contributed by atoms with E-state index < -0.39 is 5.97 Å². The van der Waals surface area contributed by atoms with Crippen molar-refractivity contribution < 1.29 is 23.8 Å². The second-order valence-electron chi connectivity index (χ2n) is 8.28. The van der Waals surface area contributed by atoms with Crippen LogP contribution in [0.4, 0.5) is 0 Å². The molecule has 3 aromatic rings. The van der Waals surface area contributed by atoms with E-state index in [0.29, 0.717) is 25.1 Å². The Morgan fingerprint density at radius 3 is 2.39 bits per heavy atom. The first-order chi connectivity index (χ1) is 16.0. The molecule has 1 N–H and O–H groups in total. The van der Waals surface area contributed by atoms with Crippen molar-refractivity contribution in [2.75, 3.05) is 6.61 Å². The minimum Gasteiger partial charge on any atom is -0.493 e. The Labute approximate surface area is 194 Å². The topological polar surface area (TPSA) is 80.0 Å². The molecule has 0 fully saturated rings. The molecule has 0 radical (unpaired) electrons. The number of carbonyl (C=O) groups excluding carboxylic acids is 1. The number of ether oxygens (including phenoxy) is 1. The Hall–Kier alpha value is -3.54. The molecule has 0 unspecified atom stereocenters. The van der Waals surface area contributed by atoms with Crippen LogP contribution in [0.3, 0.4) is 0 Å². The Morgan fingerprint density at radius 1 is 0.970 bits per heavy atom. The molecule has 6 nitrogen and oxygen atoms in total. The summed E-state index contributed by atoms with van der Waals surface area (Å²) in [5.74, 6) is -0.0486. The summed E-state index contributed by atoms with van der Waals surface area (Å²) < 4.78 is 11.1. The highest BCUT2D eigenvalue weighted by Crippen LogP contribution is 2.24. The zero-order chi connectivity index (χ0) is 23.6. The number of furan rings is 1. The molecule has 6 heteroatoms. The van der Waals surface area contributed by atoms with Gasteiger partial charge in [-0.05, 0) is 62.9 Å². The number of para-hydroxylation sites is 1. The average molecular weight is 450 g/mol. The van der Waals surface area contributed by atoms with E-state index >= 15 is 0 Å². The molecule has 1 aromatic heterocycles. The Balaban J connectivity index is 1.64. The molecule has 3 rings (SSSR count). The minimum absolute atomic E-state index is 0.00938. The first-order valence-corrected chi connectivity index (χ1v) is 11.3. The van der Waals surface area contributed by atoms with Crippen LogP contribution in [0.5, 0.6) is 5.75 Å². The second-order valence-corrected chi connectivity index (χ2v) is 8.28. The van der Waals surface area contributed by atoms with E-state index in [0.717, 1.165) is 35.3 Å². The van der Waals surface area contributed by atoms with Crippen molar-refractivity contribution in [1.29, 1.82) is 0 Å². The highest BCUT2D eigenvalue weighted by Gasteiger charge is 2.21. The van der Waals surface area contributed by atoms with Gasteiger partial charge in [0.1, 0.15) is 5.75 Å². The van der Waals surface area contributed by atoms with Gasteiger partial charge in [0.25, 0.3) is 5.91 Å². The molecular weight excluding hydrogens is 418 g/mol. The largest absolute Gasteiger partial charge is 0.493 e. The van der Waals surface area contributed by atoms with Gasteiger partial charge in [-0.2, -0.15) is 0 Å². The van der Waals surface area contributed by atoms with Crippen LogP contribution in [0, 0.1) is 0 Å². The number of hydrogen-bond acceptors (Lipinski definition) is 4. The number of carbonyl (C=O) groups is 2. The van der Waals surface area contributed by atoms with Gasteiger partial charge in [0.15, 0.2) is 0 Å². The Morgan fingerprint density at radius 2 is 1.73 bits per heavy atom. The molecular formula is C27H31NO5. The van der Waals surface area contributed by atoms with Crippen LogP contribution in [0.2, 0.25) is 0 Å². The number of carboxylic acids is 1. The van der Waals surface area contributed by atoms with E-state index in [9.17, 15) is 9.59 Å². The predicted octanol–water partition coefficient (Wildman–Crippen LogP) is 6.02. The van der Waals surface area contributed by atoms with Gasteiger partial charge in [0.05, 0.1) is 19.1 Å². The smallest absolute Gasteiger partial charge is 0.303 e. The summed E-state index contributed by atoms with van der Waals surface area (Å²) in [5, 5.41) is 8.73. The van der Waals surface area contributed by atoms with Crippen molar-refractivity contribution in [2.45, 2.75) is 52.1 Å². The van der Waals surface area contributed by atoms with Crippen LogP contribution in [-0.2, 0) is 11.3 Å². The monoisotopic (exact) mass is 449 g/mol. The number of rotatable bonds is 12. The molecule has 0 aliphatic rings. The van der Waals surface area contributed by atoms with Crippen LogP contribution in [0.15, 0.2) is 71.5 Å². The quantitative estimate of drug-likeness (QED) is 0.342. The fourth-order valence-corrected chi connectivity index (χ4v) is 3.58. The molecule has 1 amide bonds. The maximum atomic E-state index is 13.3. The third-order valence-electron chi connectivity index (χ3n) is 5.48. The van der Waals surface area contributed by atoms with Crippen molar-refractivity contribution in [3.05, 3.63) is 78.3 Å². The number of amides is 1. The first kappa shape index (κ1) is 24.1. The second kappa shape index (κ2) is 11.9. The summed E-state index contributed by atoms with van der Waals surface area (Å²) in [6.45, 7) is 4.96.